The molecule has 1 aromatic carbocycles. The maximum Gasteiger partial charge on any atom is 0.322 e. The van der Waals surface area contributed by atoms with E-state index in [1.54, 1.807) is 4.52 Å². The first-order valence-corrected chi connectivity index (χ1v) is 10.9. The number of hydrogen-bond acceptors (Lipinski definition) is 6. The third-order valence-electron chi connectivity index (χ3n) is 5.63. The second-order valence-corrected chi connectivity index (χ2v) is 8.80. The summed E-state index contributed by atoms with van der Waals surface area (Å²) < 4.78 is 7.97. The third kappa shape index (κ3) is 4.52. The van der Waals surface area contributed by atoms with Crippen molar-refractivity contribution in [2.75, 3.05) is 25.5 Å². The van der Waals surface area contributed by atoms with Crippen LogP contribution in [0.3, 0.4) is 0 Å². The van der Waals surface area contributed by atoms with Crippen LogP contribution in [0.1, 0.15) is 56.7 Å². The normalized spacial score (nSPS) is 16.9. The molecule has 3 aromatic rings. The SMILES string of the molecule is CC(C)c1cnn2c(N[C@H](C)c3cccc(Cl)c3)nc(OC3CCN(C)CC3)nc12. The van der Waals surface area contributed by atoms with Crippen LogP contribution >= 0.6 is 11.6 Å². The lowest BCUT2D eigenvalue weighted by molar-refractivity contribution is 0.105. The van der Waals surface area contributed by atoms with Crippen LogP contribution in [0.4, 0.5) is 5.95 Å². The molecule has 160 valence electrons. The molecule has 1 atom stereocenters. The Morgan fingerprint density at radius 1 is 1.17 bits per heavy atom. The van der Waals surface area contributed by atoms with Gasteiger partial charge < -0.3 is 15.0 Å². The summed E-state index contributed by atoms with van der Waals surface area (Å²) in [5, 5.41) is 8.72. The lowest BCUT2D eigenvalue weighted by Gasteiger charge is -2.28. The lowest BCUT2D eigenvalue weighted by Crippen LogP contribution is -2.36. The molecule has 0 saturated carbocycles. The van der Waals surface area contributed by atoms with Gasteiger partial charge in [0, 0.05) is 23.7 Å². The van der Waals surface area contributed by atoms with Crippen molar-refractivity contribution < 1.29 is 4.74 Å². The Kier molecular flexibility index (Phi) is 6.11. The van der Waals surface area contributed by atoms with Crippen molar-refractivity contribution in [1.29, 1.82) is 0 Å². The van der Waals surface area contributed by atoms with Crippen LogP contribution in [0, 0.1) is 0 Å². The van der Waals surface area contributed by atoms with Gasteiger partial charge in [0.05, 0.1) is 12.2 Å². The zero-order valence-corrected chi connectivity index (χ0v) is 18.7. The van der Waals surface area contributed by atoms with Gasteiger partial charge in [-0.05, 0) is 50.4 Å². The molecule has 1 fully saturated rings. The number of benzene rings is 1. The van der Waals surface area contributed by atoms with Gasteiger partial charge in [-0.2, -0.15) is 19.6 Å². The Balaban J connectivity index is 1.66. The summed E-state index contributed by atoms with van der Waals surface area (Å²) in [5.74, 6) is 0.911. The fraction of sp³-hybridized carbons (Fsp3) is 0.500. The molecule has 1 saturated heterocycles. The Morgan fingerprint density at radius 3 is 2.63 bits per heavy atom. The van der Waals surface area contributed by atoms with Gasteiger partial charge in [-0.25, -0.2) is 0 Å². The average Bonchev–Trinajstić information content (AvgIpc) is 3.14. The Bertz CT molecular complexity index is 1010. The highest BCUT2D eigenvalue weighted by Gasteiger charge is 2.22. The highest BCUT2D eigenvalue weighted by atomic mass is 35.5. The van der Waals surface area contributed by atoms with Crippen LogP contribution in [0.25, 0.3) is 5.65 Å². The standard InChI is InChI=1S/C22H29ClN6O/c1-14(2)19-13-24-29-20(19)26-22(30-18-8-10-28(4)11-9-18)27-21(29)25-15(3)16-6-5-7-17(23)12-16/h5-7,12-15,18H,8-11H2,1-4H3,(H,25,26,27)/t15-/m1/s1. The topological polar surface area (TPSA) is 67.6 Å². The van der Waals surface area contributed by atoms with Gasteiger partial charge in [0.25, 0.3) is 0 Å². The molecule has 0 bridgehead atoms. The molecular formula is C22H29ClN6O. The third-order valence-corrected chi connectivity index (χ3v) is 5.86. The second kappa shape index (κ2) is 8.78. The summed E-state index contributed by atoms with van der Waals surface area (Å²) in [6.45, 7) is 8.39. The highest BCUT2D eigenvalue weighted by molar-refractivity contribution is 6.30. The summed E-state index contributed by atoms with van der Waals surface area (Å²) >= 11 is 6.17. The van der Waals surface area contributed by atoms with Crippen molar-refractivity contribution in [3.05, 3.63) is 46.6 Å². The van der Waals surface area contributed by atoms with E-state index in [0.29, 0.717) is 22.9 Å². The molecule has 1 N–H and O–H groups in total. The largest absolute Gasteiger partial charge is 0.460 e. The number of nitrogens with one attached hydrogen (secondary N) is 1. The van der Waals surface area contributed by atoms with Crippen molar-refractivity contribution in [2.24, 2.45) is 0 Å². The molecule has 7 nitrogen and oxygen atoms in total. The van der Waals surface area contributed by atoms with E-state index in [-0.39, 0.29) is 12.1 Å². The average molecular weight is 429 g/mol. The number of halogens is 1. The molecule has 1 aliphatic heterocycles. The number of likely N-dealkylation sites (tertiary alicyclic amines) is 1. The van der Waals surface area contributed by atoms with E-state index in [0.717, 1.165) is 42.7 Å². The minimum absolute atomic E-state index is 0.00956. The Hall–Kier alpha value is -2.38. The van der Waals surface area contributed by atoms with Gasteiger partial charge in [0.1, 0.15) is 6.10 Å². The van der Waals surface area contributed by atoms with Crippen LogP contribution in [-0.2, 0) is 0 Å². The molecule has 0 radical (unpaired) electrons. The van der Waals surface area contributed by atoms with E-state index < -0.39 is 0 Å². The van der Waals surface area contributed by atoms with E-state index in [4.69, 9.17) is 21.3 Å². The number of piperidine rings is 1. The molecule has 0 amide bonds. The maximum atomic E-state index is 6.21. The maximum absolute atomic E-state index is 6.21. The molecular weight excluding hydrogens is 400 g/mol. The molecule has 1 aliphatic rings. The van der Waals surface area contributed by atoms with E-state index in [9.17, 15) is 0 Å². The predicted molar refractivity (Wildman–Crippen MR) is 120 cm³/mol. The summed E-state index contributed by atoms with van der Waals surface area (Å²) in [5.41, 5.74) is 2.93. The fourth-order valence-electron chi connectivity index (χ4n) is 3.73. The monoisotopic (exact) mass is 428 g/mol. The van der Waals surface area contributed by atoms with Crippen LogP contribution < -0.4 is 10.1 Å². The first-order chi connectivity index (χ1) is 14.4. The van der Waals surface area contributed by atoms with Crippen LogP contribution in [0.5, 0.6) is 6.01 Å². The second-order valence-electron chi connectivity index (χ2n) is 8.36. The molecule has 4 rings (SSSR count). The zero-order chi connectivity index (χ0) is 21.3. The van der Waals surface area contributed by atoms with Crippen molar-refractivity contribution in [1.82, 2.24) is 24.5 Å². The number of aromatic nitrogens is 4. The van der Waals surface area contributed by atoms with Gasteiger partial charge in [-0.3, -0.25) is 0 Å². The summed E-state index contributed by atoms with van der Waals surface area (Å²) in [6.07, 6.45) is 3.95. The number of hydrogen-bond donors (Lipinski definition) is 1. The molecule has 8 heteroatoms. The number of nitrogens with zero attached hydrogens (tertiary/aromatic N) is 5. The van der Waals surface area contributed by atoms with Gasteiger partial charge in [0.2, 0.25) is 5.95 Å². The molecule has 2 aromatic heterocycles. The van der Waals surface area contributed by atoms with Crippen molar-refractivity contribution in [3.63, 3.8) is 0 Å². The molecule has 30 heavy (non-hydrogen) atoms. The Morgan fingerprint density at radius 2 is 1.93 bits per heavy atom. The Labute approximate surface area is 182 Å². The van der Waals surface area contributed by atoms with Crippen molar-refractivity contribution in [2.45, 2.75) is 51.7 Å². The number of ether oxygens (including phenoxy) is 1. The lowest BCUT2D eigenvalue weighted by atomic mass is 10.1. The summed E-state index contributed by atoms with van der Waals surface area (Å²) in [6, 6.07) is 8.21. The van der Waals surface area contributed by atoms with E-state index in [1.165, 1.54) is 0 Å². The fourth-order valence-corrected chi connectivity index (χ4v) is 3.93. The zero-order valence-electron chi connectivity index (χ0n) is 18.0. The quantitative estimate of drug-likeness (QED) is 0.621. The minimum Gasteiger partial charge on any atom is -0.460 e. The molecule has 0 spiro atoms. The molecule has 3 heterocycles. The van der Waals surface area contributed by atoms with Crippen molar-refractivity contribution >= 4 is 23.2 Å². The van der Waals surface area contributed by atoms with Gasteiger partial charge in [0.15, 0.2) is 5.65 Å². The summed E-state index contributed by atoms with van der Waals surface area (Å²) in [4.78, 5) is 11.7. The first kappa shape index (κ1) is 20.9. The smallest absolute Gasteiger partial charge is 0.322 e. The highest BCUT2D eigenvalue weighted by Crippen LogP contribution is 2.26. The predicted octanol–water partition coefficient (Wildman–Crippen LogP) is 4.55. The van der Waals surface area contributed by atoms with E-state index in [1.807, 2.05) is 30.5 Å². The van der Waals surface area contributed by atoms with Crippen LogP contribution in [0.2, 0.25) is 5.02 Å². The van der Waals surface area contributed by atoms with E-state index >= 15 is 0 Å². The summed E-state index contributed by atoms with van der Waals surface area (Å²) in [7, 11) is 2.14. The number of fused-ring (bicyclic) bond motifs is 1. The minimum atomic E-state index is -0.00956. The molecule has 0 unspecified atom stereocenters. The van der Waals surface area contributed by atoms with Gasteiger partial charge >= 0.3 is 6.01 Å². The van der Waals surface area contributed by atoms with Crippen LogP contribution in [-0.4, -0.2) is 50.7 Å². The van der Waals surface area contributed by atoms with Gasteiger partial charge in [-0.15, -0.1) is 0 Å². The first-order valence-electron chi connectivity index (χ1n) is 10.5. The van der Waals surface area contributed by atoms with E-state index in [2.05, 4.69) is 48.1 Å². The molecule has 0 aliphatic carbocycles. The van der Waals surface area contributed by atoms with Gasteiger partial charge in [-0.1, -0.05) is 37.6 Å². The number of anilines is 1. The number of rotatable bonds is 6. The van der Waals surface area contributed by atoms with Crippen molar-refractivity contribution in [3.8, 4) is 6.01 Å². The van der Waals surface area contributed by atoms with Crippen LogP contribution in [0.15, 0.2) is 30.5 Å².